The molecule has 2 aromatic rings. The van der Waals surface area contributed by atoms with Gasteiger partial charge in [-0.1, -0.05) is 0 Å². The number of aryl methyl sites for hydroxylation is 2. The number of aromatic amines is 1. The second kappa shape index (κ2) is 5.58. The number of nitrogens with zero attached hydrogens (tertiary/aromatic N) is 4. The normalized spacial score (nSPS) is 20.6. The fourth-order valence-corrected chi connectivity index (χ4v) is 3.44. The molecule has 2 aliphatic rings. The number of rotatable bonds is 3. The maximum Gasteiger partial charge on any atom is 0.263 e. The van der Waals surface area contributed by atoms with Gasteiger partial charge in [-0.25, -0.2) is 4.98 Å². The van der Waals surface area contributed by atoms with Crippen molar-refractivity contribution in [1.82, 2.24) is 24.6 Å². The Morgan fingerprint density at radius 2 is 2.08 bits per heavy atom. The zero-order chi connectivity index (χ0) is 16.8. The maximum absolute atomic E-state index is 12.7. The van der Waals surface area contributed by atoms with E-state index in [0.29, 0.717) is 24.8 Å². The minimum atomic E-state index is -0.327. The predicted octanol–water partition coefficient (Wildman–Crippen LogP) is 1.55. The molecule has 2 aromatic heterocycles. The Labute approximate surface area is 139 Å². The van der Waals surface area contributed by atoms with E-state index in [1.54, 1.807) is 4.90 Å². The van der Waals surface area contributed by atoms with Crippen molar-refractivity contribution in [2.75, 3.05) is 13.1 Å². The van der Waals surface area contributed by atoms with Crippen molar-refractivity contribution < 1.29 is 4.79 Å². The summed E-state index contributed by atoms with van der Waals surface area (Å²) < 4.78 is 1.99. The number of hydrogen-bond donors (Lipinski definition) is 1. The lowest BCUT2D eigenvalue weighted by molar-refractivity contribution is 0.0784. The predicted molar refractivity (Wildman–Crippen MR) is 88.1 cm³/mol. The van der Waals surface area contributed by atoms with E-state index < -0.39 is 0 Å². The van der Waals surface area contributed by atoms with E-state index in [4.69, 9.17) is 0 Å². The number of H-pyrrole nitrogens is 1. The minimum Gasteiger partial charge on any atom is -0.336 e. The van der Waals surface area contributed by atoms with Crippen molar-refractivity contribution in [1.29, 1.82) is 0 Å². The molecule has 1 saturated heterocycles. The summed E-state index contributed by atoms with van der Waals surface area (Å²) in [4.78, 5) is 33.6. The molecule has 0 bridgehead atoms. The number of carbonyl (C=O) groups excluding carboxylic acids is 1. The third-order valence-corrected chi connectivity index (χ3v) is 4.85. The van der Waals surface area contributed by atoms with Gasteiger partial charge in [0, 0.05) is 30.9 Å². The zero-order valence-corrected chi connectivity index (χ0v) is 14.0. The number of hydrogen-bond acceptors (Lipinski definition) is 4. The summed E-state index contributed by atoms with van der Waals surface area (Å²) in [7, 11) is 0. The highest BCUT2D eigenvalue weighted by molar-refractivity contribution is 5.93. The van der Waals surface area contributed by atoms with Crippen molar-refractivity contribution >= 4 is 5.91 Å². The van der Waals surface area contributed by atoms with E-state index in [1.165, 1.54) is 6.20 Å². The van der Waals surface area contributed by atoms with E-state index >= 15 is 0 Å². The van der Waals surface area contributed by atoms with Crippen LogP contribution in [0.5, 0.6) is 0 Å². The van der Waals surface area contributed by atoms with Crippen LogP contribution in [0.1, 0.15) is 58.8 Å². The average molecular weight is 327 g/mol. The van der Waals surface area contributed by atoms with Gasteiger partial charge < -0.3 is 9.88 Å². The van der Waals surface area contributed by atoms with Gasteiger partial charge in [0.1, 0.15) is 11.4 Å². The van der Waals surface area contributed by atoms with Crippen molar-refractivity contribution in [2.45, 2.75) is 45.1 Å². The van der Waals surface area contributed by atoms with Crippen molar-refractivity contribution in [2.24, 2.45) is 0 Å². The largest absolute Gasteiger partial charge is 0.336 e. The number of nitrogens with one attached hydrogen (secondary N) is 1. The van der Waals surface area contributed by atoms with Crippen LogP contribution in [0.3, 0.4) is 0 Å². The minimum absolute atomic E-state index is 0.133. The van der Waals surface area contributed by atoms with Crippen LogP contribution < -0.4 is 5.56 Å². The number of likely N-dealkylation sites (tertiary alicyclic amines) is 1. The maximum atomic E-state index is 12.7. The summed E-state index contributed by atoms with van der Waals surface area (Å²) in [6.07, 6.45) is 4.41. The lowest BCUT2D eigenvalue weighted by Crippen LogP contribution is -2.34. The first-order valence-electron chi connectivity index (χ1n) is 8.44. The van der Waals surface area contributed by atoms with Gasteiger partial charge in [0.2, 0.25) is 0 Å². The zero-order valence-electron chi connectivity index (χ0n) is 14.0. The Kier molecular flexibility index (Phi) is 3.51. The van der Waals surface area contributed by atoms with Gasteiger partial charge in [-0.2, -0.15) is 5.10 Å². The van der Waals surface area contributed by atoms with Crippen molar-refractivity contribution in [3.63, 3.8) is 0 Å². The molecule has 1 N–H and O–H groups in total. The van der Waals surface area contributed by atoms with E-state index in [2.05, 4.69) is 15.1 Å². The summed E-state index contributed by atoms with van der Waals surface area (Å²) in [5.74, 6) is 0.831. The molecule has 4 rings (SSSR count). The molecule has 126 valence electrons. The molecular formula is C17H21N5O2. The summed E-state index contributed by atoms with van der Waals surface area (Å²) >= 11 is 0. The molecule has 1 aliphatic heterocycles. The van der Waals surface area contributed by atoms with Gasteiger partial charge in [0.25, 0.3) is 11.5 Å². The molecular weight excluding hydrogens is 306 g/mol. The average Bonchev–Trinajstić information content (AvgIpc) is 3.19. The fourth-order valence-electron chi connectivity index (χ4n) is 3.44. The molecule has 24 heavy (non-hydrogen) atoms. The molecule has 1 atom stereocenters. The molecule has 1 aliphatic carbocycles. The Morgan fingerprint density at radius 1 is 1.29 bits per heavy atom. The van der Waals surface area contributed by atoms with Crippen LogP contribution in [-0.4, -0.2) is 43.6 Å². The second-order valence-corrected chi connectivity index (χ2v) is 6.85. The highest BCUT2D eigenvalue weighted by atomic mass is 16.2. The molecule has 1 saturated carbocycles. The van der Waals surface area contributed by atoms with E-state index in [-0.39, 0.29) is 23.1 Å². The highest BCUT2D eigenvalue weighted by Crippen LogP contribution is 2.37. The van der Waals surface area contributed by atoms with Crippen LogP contribution in [-0.2, 0) is 0 Å². The summed E-state index contributed by atoms with van der Waals surface area (Å²) in [6, 6.07) is 2.20. The van der Waals surface area contributed by atoms with Crippen LogP contribution in [0.2, 0.25) is 0 Å². The molecule has 0 spiro atoms. The van der Waals surface area contributed by atoms with Crippen LogP contribution >= 0.6 is 0 Å². The van der Waals surface area contributed by atoms with E-state index in [0.717, 1.165) is 30.7 Å². The number of aromatic nitrogens is 4. The number of amides is 1. The van der Waals surface area contributed by atoms with Gasteiger partial charge in [-0.3, -0.25) is 14.3 Å². The smallest absolute Gasteiger partial charge is 0.263 e. The Hall–Kier alpha value is -2.44. The lowest BCUT2D eigenvalue weighted by Gasteiger charge is -2.17. The number of carbonyl (C=O) groups is 1. The molecule has 0 aromatic carbocycles. The third-order valence-electron chi connectivity index (χ3n) is 4.85. The van der Waals surface area contributed by atoms with Crippen LogP contribution in [0.15, 0.2) is 17.1 Å². The van der Waals surface area contributed by atoms with Gasteiger partial charge in [0.05, 0.1) is 11.7 Å². The van der Waals surface area contributed by atoms with Crippen LogP contribution in [0, 0.1) is 13.8 Å². The van der Waals surface area contributed by atoms with Gasteiger partial charge >= 0.3 is 0 Å². The molecule has 7 heteroatoms. The monoisotopic (exact) mass is 327 g/mol. The summed E-state index contributed by atoms with van der Waals surface area (Å²) in [6.45, 7) is 5.19. The first-order valence-corrected chi connectivity index (χ1v) is 8.44. The molecule has 1 amide bonds. The summed E-state index contributed by atoms with van der Waals surface area (Å²) in [5.41, 5.74) is 1.88. The Balaban J connectivity index is 1.51. The van der Waals surface area contributed by atoms with E-state index in [1.807, 2.05) is 24.6 Å². The lowest BCUT2D eigenvalue weighted by atomic mass is 10.2. The SMILES string of the molecule is Cc1cc(C)n(C2CCN(C(=O)c3cnc(C4CC4)[nH]c3=O)C2)n1. The van der Waals surface area contributed by atoms with E-state index in [9.17, 15) is 9.59 Å². The fraction of sp³-hybridized carbons (Fsp3) is 0.529. The van der Waals surface area contributed by atoms with Crippen molar-refractivity contribution in [3.05, 3.63) is 45.4 Å². The standard InChI is InChI=1S/C17H21N5O2/c1-10-7-11(2)22(20-10)13-5-6-21(9-13)17(24)14-8-18-15(12-3-4-12)19-16(14)23/h7-8,12-13H,3-6,9H2,1-2H3,(H,18,19,23). The Bertz CT molecular complexity index is 849. The highest BCUT2D eigenvalue weighted by Gasteiger charge is 2.31. The molecule has 3 heterocycles. The first-order chi connectivity index (χ1) is 11.5. The second-order valence-electron chi connectivity index (χ2n) is 6.85. The molecule has 7 nitrogen and oxygen atoms in total. The van der Waals surface area contributed by atoms with Crippen LogP contribution in [0.4, 0.5) is 0 Å². The van der Waals surface area contributed by atoms with Gasteiger partial charge in [-0.15, -0.1) is 0 Å². The third kappa shape index (κ3) is 2.64. The quantitative estimate of drug-likeness (QED) is 0.927. The molecule has 1 unspecified atom stereocenters. The molecule has 2 fully saturated rings. The Morgan fingerprint density at radius 3 is 2.71 bits per heavy atom. The molecule has 0 radical (unpaired) electrons. The topological polar surface area (TPSA) is 83.9 Å². The van der Waals surface area contributed by atoms with Crippen molar-refractivity contribution in [3.8, 4) is 0 Å². The van der Waals surface area contributed by atoms with Gasteiger partial charge in [0.15, 0.2) is 0 Å². The van der Waals surface area contributed by atoms with Crippen LogP contribution in [0.25, 0.3) is 0 Å². The summed E-state index contributed by atoms with van der Waals surface area (Å²) in [5, 5.41) is 4.51. The first kappa shape index (κ1) is 15.1. The van der Waals surface area contributed by atoms with Gasteiger partial charge in [-0.05, 0) is 39.2 Å².